The molecule has 0 amide bonds. The molecule has 10 aromatic rings. The first kappa shape index (κ1) is 43.1. The number of anilines is 2. The normalized spacial score (nSPS) is 13.1. The average Bonchev–Trinajstić information content (AvgIpc) is 3.86. The topological polar surface area (TPSA) is 8.17 Å². The number of hydrogen-bond acceptors (Lipinski definition) is 1. The minimum atomic E-state index is -0.159. The number of nitrogens with zero attached hydrogens (tertiary/aromatic N) is 2. The quantitative estimate of drug-likeness (QED) is 0.111. The average molecular weight is 887 g/mol. The van der Waals surface area contributed by atoms with E-state index in [2.05, 4.69) is 280 Å². The van der Waals surface area contributed by atoms with Crippen molar-refractivity contribution in [3.8, 4) is 50.2 Å². The van der Waals surface area contributed by atoms with Gasteiger partial charge in [-0.3, -0.25) is 0 Å². The van der Waals surface area contributed by atoms with E-state index in [0.29, 0.717) is 6.42 Å². The van der Waals surface area contributed by atoms with Gasteiger partial charge in [-0.2, -0.15) is 0 Å². The van der Waals surface area contributed by atoms with Crippen LogP contribution < -0.4 is 4.90 Å². The van der Waals surface area contributed by atoms with Gasteiger partial charge >= 0.3 is 0 Å². The predicted octanol–water partition coefficient (Wildman–Crippen LogP) is 18.1. The minimum Gasteiger partial charge on any atom is -0.310 e. The van der Waals surface area contributed by atoms with Crippen molar-refractivity contribution in [2.75, 3.05) is 4.90 Å². The Balaban J connectivity index is 1.03. The summed E-state index contributed by atoms with van der Waals surface area (Å²) in [6, 6.07) is 77.5. The van der Waals surface area contributed by atoms with Gasteiger partial charge in [-0.05, 0) is 117 Å². The zero-order valence-electron chi connectivity index (χ0n) is 39.5. The molecule has 0 saturated heterocycles. The molecule has 0 saturated carbocycles. The summed E-state index contributed by atoms with van der Waals surface area (Å²) in [6.45, 7) is 10.9. The first-order valence-corrected chi connectivity index (χ1v) is 24.1. The summed E-state index contributed by atoms with van der Waals surface area (Å²) in [4.78, 5) is 2.41. The van der Waals surface area contributed by atoms with Gasteiger partial charge in [0.2, 0.25) is 0 Å². The van der Waals surface area contributed by atoms with Gasteiger partial charge in [0.15, 0.2) is 0 Å². The van der Waals surface area contributed by atoms with Crippen LogP contribution in [0.5, 0.6) is 0 Å². The highest BCUT2D eigenvalue weighted by atomic mass is 15.1. The molecule has 1 aliphatic rings. The summed E-state index contributed by atoms with van der Waals surface area (Å²) < 4.78 is 2.52. The van der Waals surface area contributed by atoms with Crippen molar-refractivity contribution in [1.82, 2.24) is 4.57 Å². The zero-order chi connectivity index (χ0) is 46.9. The third-order valence-electron chi connectivity index (χ3n) is 14.0. The van der Waals surface area contributed by atoms with Crippen molar-refractivity contribution in [3.63, 3.8) is 0 Å². The van der Waals surface area contributed by atoms with E-state index in [-0.39, 0.29) is 5.41 Å². The fourth-order valence-electron chi connectivity index (χ4n) is 10.8. The van der Waals surface area contributed by atoms with Crippen LogP contribution in [0.1, 0.15) is 43.0 Å². The minimum absolute atomic E-state index is 0.159. The van der Waals surface area contributed by atoms with Crippen molar-refractivity contribution in [1.29, 1.82) is 0 Å². The monoisotopic (exact) mass is 886 g/mol. The third-order valence-corrected chi connectivity index (χ3v) is 14.0. The molecular formula is C67H54N2. The smallest absolute Gasteiger partial charge is 0.0544 e. The first-order valence-electron chi connectivity index (χ1n) is 24.1. The highest BCUT2D eigenvalue weighted by Gasteiger charge is 2.38. The molecule has 0 N–H and O–H groups in total. The standard InChI is InChI=1S/C67H54N2/c1-5-7-26-53(46-43-52-25-19-35-63-65(52)59-30-15-18-34-62(59)69(63)64-36-20-31-58-57-29-13-16-32-60(57)67(3,4)66(58)64)68(61-33-17-14-28-56(61)50-22-9-8-10-23-50)54-44-41-48(42-45-54)47-37-39-51(40-38-47)55-27-12-11-24-49(55)21-6-2/h5-42,44-46H,1,43H2,2-4H3/b21-6-,26-7-,53-46+. The van der Waals surface area contributed by atoms with Gasteiger partial charge in [0.05, 0.1) is 22.4 Å². The maximum atomic E-state index is 4.12. The van der Waals surface area contributed by atoms with E-state index in [4.69, 9.17) is 0 Å². The fourth-order valence-corrected chi connectivity index (χ4v) is 10.8. The van der Waals surface area contributed by atoms with E-state index in [1.807, 2.05) is 6.08 Å². The van der Waals surface area contributed by atoms with Gasteiger partial charge in [-0.25, -0.2) is 0 Å². The molecule has 1 aliphatic carbocycles. The number of benzene rings is 9. The summed E-state index contributed by atoms with van der Waals surface area (Å²) in [5, 5.41) is 2.53. The van der Waals surface area contributed by atoms with E-state index in [9.17, 15) is 0 Å². The second-order valence-corrected chi connectivity index (χ2v) is 18.4. The fraction of sp³-hybridized carbons (Fsp3) is 0.0746. The van der Waals surface area contributed by atoms with E-state index in [1.54, 1.807) is 0 Å². The molecule has 0 aliphatic heterocycles. The summed E-state index contributed by atoms with van der Waals surface area (Å²) in [5.41, 5.74) is 21.7. The Morgan fingerprint density at radius 3 is 1.94 bits per heavy atom. The largest absolute Gasteiger partial charge is 0.310 e. The lowest BCUT2D eigenvalue weighted by molar-refractivity contribution is 0.656. The van der Waals surface area contributed by atoms with E-state index in [1.165, 1.54) is 77.6 Å². The van der Waals surface area contributed by atoms with Crippen LogP contribution in [0, 0.1) is 0 Å². The Morgan fingerprint density at radius 2 is 1.16 bits per heavy atom. The molecule has 0 bridgehead atoms. The van der Waals surface area contributed by atoms with Gasteiger partial charge in [0.25, 0.3) is 0 Å². The SMILES string of the molecule is C=C/C=C\C(=C/Cc1cccc2c1c1ccccc1n2-c1cccc2c1C(C)(C)c1ccccc1-2)N(c1ccc(-c2ccc(-c3ccccc3/C=C\C)cc2)cc1)c1ccccc1-c1ccccc1. The molecule has 332 valence electrons. The number of fused-ring (bicyclic) bond motifs is 6. The van der Waals surface area contributed by atoms with Crippen LogP contribution in [-0.2, 0) is 11.8 Å². The van der Waals surface area contributed by atoms with Crippen molar-refractivity contribution in [2.24, 2.45) is 0 Å². The molecule has 2 heteroatoms. The Labute approximate surface area is 406 Å². The first-order chi connectivity index (χ1) is 33.9. The molecule has 0 atom stereocenters. The number of rotatable bonds is 12. The summed E-state index contributed by atoms with van der Waals surface area (Å²) in [7, 11) is 0. The van der Waals surface area contributed by atoms with E-state index < -0.39 is 0 Å². The molecule has 1 heterocycles. The Hall–Kier alpha value is -8.46. The molecule has 0 unspecified atom stereocenters. The number of allylic oxidation sites excluding steroid dienone is 5. The Bertz CT molecular complexity index is 3620. The highest BCUT2D eigenvalue weighted by molar-refractivity contribution is 6.11. The number of para-hydroxylation sites is 2. The van der Waals surface area contributed by atoms with Crippen LogP contribution in [0.15, 0.2) is 255 Å². The van der Waals surface area contributed by atoms with Crippen LogP contribution in [0.3, 0.4) is 0 Å². The molecule has 69 heavy (non-hydrogen) atoms. The molecule has 2 nitrogen and oxygen atoms in total. The van der Waals surface area contributed by atoms with Gasteiger partial charge < -0.3 is 9.47 Å². The summed E-state index contributed by atoms with van der Waals surface area (Å²) in [6.07, 6.45) is 13.5. The van der Waals surface area contributed by atoms with Gasteiger partial charge in [0, 0.05) is 33.1 Å². The lowest BCUT2D eigenvalue weighted by Gasteiger charge is -2.29. The summed E-state index contributed by atoms with van der Waals surface area (Å²) >= 11 is 0. The van der Waals surface area contributed by atoms with Crippen molar-refractivity contribution < 1.29 is 0 Å². The lowest BCUT2D eigenvalue weighted by atomic mass is 9.81. The summed E-state index contributed by atoms with van der Waals surface area (Å²) in [5.74, 6) is 0. The molecule has 1 aromatic heterocycles. The zero-order valence-corrected chi connectivity index (χ0v) is 39.5. The molecule has 9 aromatic carbocycles. The van der Waals surface area contributed by atoms with Crippen LogP contribution in [0.2, 0.25) is 0 Å². The molecule has 0 fully saturated rings. The molecule has 0 spiro atoms. The van der Waals surface area contributed by atoms with Gasteiger partial charge in [0.1, 0.15) is 0 Å². The second kappa shape index (κ2) is 18.3. The maximum absolute atomic E-state index is 4.12. The van der Waals surface area contributed by atoms with Crippen molar-refractivity contribution >= 4 is 39.3 Å². The van der Waals surface area contributed by atoms with E-state index >= 15 is 0 Å². The number of hydrogen-bond donors (Lipinski definition) is 0. The Kier molecular flexibility index (Phi) is 11.5. The molecular weight excluding hydrogens is 833 g/mol. The van der Waals surface area contributed by atoms with Gasteiger partial charge in [-0.15, -0.1) is 0 Å². The molecule has 11 rings (SSSR count). The lowest BCUT2D eigenvalue weighted by Crippen LogP contribution is -2.18. The Morgan fingerprint density at radius 1 is 0.551 bits per heavy atom. The van der Waals surface area contributed by atoms with E-state index in [0.717, 1.165) is 33.8 Å². The predicted molar refractivity (Wildman–Crippen MR) is 296 cm³/mol. The molecule has 0 radical (unpaired) electrons. The van der Waals surface area contributed by atoms with Crippen molar-refractivity contribution in [2.45, 2.75) is 32.6 Å². The van der Waals surface area contributed by atoms with Crippen molar-refractivity contribution in [3.05, 3.63) is 277 Å². The third kappa shape index (κ3) is 7.74. The van der Waals surface area contributed by atoms with Crippen LogP contribution in [-0.4, -0.2) is 4.57 Å². The van der Waals surface area contributed by atoms with Crippen LogP contribution >= 0.6 is 0 Å². The van der Waals surface area contributed by atoms with Crippen LogP contribution in [0.25, 0.3) is 78.1 Å². The highest BCUT2D eigenvalue weighted by Crippen LogP contribution is 2.52. The second-order valence-electron chi connectivity index (χ2n) is 18.4. The van der Waals surface area contributed by atoms with Gasteiger partial charge in [-0.1, -0.05) is 227 Å². The maximum Gasteiger partial charge on any atom is 0.0544 e. The number of aromatic nitrogens is 1. The van der Waals surface area contributed by atoms with Crippen LogP contribution in [0.4, 0.5) is 11.4 Å².